The lowest BCUT2D eigenvalue weighted by atomic mass is 10.3. The normalized spacial score (nSPS) is 11.0. The van der Waals surface area contributed by atoms with Gasteiger partial charge in [-0.25, -0.2) is 17.2 Å². The number of nitrogens with zero attached hydrogens (tertiary/aromatic N) is 1. The summed E-state index contributed by atoms with van der Waals surface area (Å²) in [6.45, 7) is -0.473. The summed E-state index contributed by atoms with van der Waals surface area (Å²) in [7, 11) is -4.08. The molecule has 1 aromatic carbocycles. The highest BCUT2D eigenvalue weighted by Gasteiger charge is 2.18. The van der Waals surface area contributed by atoms with Crippen LogP contribution >= 0.6 is 0 Å². The summed E-state index contributed by atoms with van der Waals surface area (Å²) in [5.74, 6) is -2.06. The Kier molecular flexibility index (Phi) is 3.34. The van der Waals surface area contributed by atoms with Gasteiger partial charge >= 0.3 is 0 Å². The van der Waals surface area contributed by atoms with Gasteiger partial charge in [-0.15, -0.1) is 0 Å². The maximum atomic E-state index is 13.0. The molecule has 0 saturated heterocycles. The van der Waals surface area contributed by atoms with Gasteiger partial charge in [0.15, 0.2) is 0 Å². The standard InChI is InChI=1S/C8H6F2N2O2S/c9-6-1-2-8(7(10)5-6)15(13,14)12-4-3-11/h1-2,5,12H,4H2. The van der Waals surface area contributed by atoms with Crippen LogP contribution in [-0.4, -0.2) is 15.0 Å². The first-order valence-electron chi connectivity index (χ1n) is 3.79. The highest BCUT2D eigenvalue weighted by molar-refractivity contribution is 7.89. The van der Waals surface area contributed by atoms with Crippen LogP contribution in [0.15, 0.2) is 23.1 Å². The van der Waals surface area contributed by atoms with E-state index in [-0.39, 0.29) is 0 Å². The fourth-order valence-electron chi connectivity index (χ4n) is 0.898. The van der Waals surface area contributed by atoms with E-state index >= 15 is 0 Å². The molecular formula is C8H6F2N2O2S. The van der Waals surface area contributed by atoms with Crippen LogP contribution in [-0.2, 0) is 10.0 Å². The van der Waals surface area contributed by atoms with E-state index in [1.807, 2.05) is 4.72 Å². The maximum absolute atomic E-state index is 13.0. The molecule has 15 heavy (non-hydrogen) atoms. The van der Waals surface area contributed by atoms with Crippen LogP contribution in [0.25, 0.3) is 0 Å². The molecule has 0 spiro atoms. The second-order valence-electron chi connectivity index (χ2n) is 2.56. The maximum Gasteiger partial charge on any atom is 0.244 e. The lowest BCUT2D eigenvalue weighted by Gasteiger charge is -2.04. The molecule has 0 atom stereocenters. The predicted octanol–water partition coefficient (Wildman–Crippen LogP) is 0.767. The summed E-state index contributed by atoms with van der Waals surface area (Å²) in [4.78, 5) is -0.681. The van der Waals surface area contributed by atoms with E-state index in [9.17, 15) is 17.2 Å². The van der Waals surface area contributed by atoms with Crippen molar-refractivity contribution in [3.63, 3.8) is 0 Å². The molecule has 0 fully saturated rings. The molecule has 80 valence electrons. The van der Waals surface area contributed by atoms with Crippen molar-refractivity contribution in [2.75, 3.05) is 6.54 Å². The molecule has 0 unspecified atom stereocenters. The van der Waals surface area contributed by atoms with Gasteiger partial charge in [0.1, 0.15) is 16.5 Å². The third-order valence-corrected chi connectivity index (χ3v) is 2.96. The molecule has 0 aliphatic heterocycles. The number of benzene rings is 1. The zero-order valence-corrected chi connectivity index (χ0v) is 8.18. The topological polar surface area (TPSA) is 70.0 Å². The summed E-state index contributed by atoms with van der Waals surface area (Å²) in [6.07, 6.45) is 0. The van der Waals surface area contributed by atoms with Gasteiger partial charge in [0, 0.05) is 6.07 Å². The first-order valence-corrected chi connectivity index (χ1v) is 5.27. The minimum absolute atomic E-state index is 0.459. The van der Waals surface area contributed by atoms with Crippen LogP contribution in [0.1, 0.15) is 0 Å². The lowest BCUT2D eigenvalue weighted by Crippen LogP contribution is -2.24. The quantitative estimate of drug-likeness (QED) is 0.782. The number of nitriles is 1. The SMILES string of the molecule is N#CCNS(=O)(=O)c1ccc(F)cc1F. The molecule has 1 rings (SSSR count). The number of halogens is 2. The molecule has 0 aliphatic carbocycles. The van der Waals surface area contributed by atoms with Crippen molar-refractivity contribution >= 4 is 10.0 Å². The second-order valence-corrected chi connectivity index (χ2v) is 4.29. The Morgan fingerprint density at radius 3 is 2.60 bits per heavy atom. The van der Waals surface area contributed by atoms with Crippen molar-refractivity contribution in [3.8, 4) is 6.07 Å². The smallest absolute Gasteiger partial charge is 0.207 e. The molecule has 0 aliphatic rings. The lowest BCUT2D eigenvalue weighted by molar-refractivity contribution is 0.545. The minimum Gasteiger partial charge on any atom is -0.207 e. The number of sulfonamides is 1. The van der Waals surface area contributed by atoms with Crippen molar-refractivity contribution in [2.24, 2.45) is 0 Å². The van der Waals surface area contributed by atoms with Crippen LogP contribution in [0.4, 0.5) is 8.78 Å². The number of nitrogens with one attached hydrogen (secondary N) is 1. The molecular weight excluding hydrogens is 226 g/mol. The van der Waals surface area contributed by atoms with Crippen LogP contribution in [0.3, 0.4) is 0 Å². The Morgan fingerprint density at radius 2 is 2.07 bits per heavy atom. The first kappa shape index (κ1) is 11.6. The first-order chi connectivity index (χ1) is 6.97. The van der Waals surface area contributed by atoms with Crippen molar-refractivity contribution in [1.29, 1.82) is 5.26 Å². The Hall–Kier alpha value is -1.52. The summed E-state index contributed by atoms with van der Waals surface area (Å²) in [5.41, 5.74) is 0. The molecule has 0 aromatic heterocycles. The van der Waals surface area contributed by atoms with E-state index in [1.54, 1.807) is 0 Å². The fourth-order valence-corrected chi connectivity index (χ4v) is 1.87. The molecule has 0 radical (unpaired) electrons. The number of hydrogen-bond donors (Lipinski definition) is 1. The largest absolute Gasteiger partial charge is 0.244 e. The van der Waals surface area contributed by atoms with Crippen molar-refractivity contribution in [3.05, 3.63) is 29.8 Å². The second kappa shape index (κ2) is 4.33. The van der Waals surface area contributed by atoms with Gasteiger partial charge in [-0.3, -0.25) is 0 Å². The van der Waals surface area contributed by atoms with Gasteiger partial charge in [-0.05, 0) is 12.1 Å². The molecule has 7 heteroatoms. The monoisotopic (exact) mass is 232 g/mol. The third kappa shape index (κ3) is 2.71. The van der Waals surface area contributed by atoms with Crippen LogP contribution in [0.2, 0.25) is 0 Å². The Labute approximate surface area is 85.2 Å². The average Bonchev–Trinajstić information content (AvgIpc) is 2.14. The van der Waals surface area contributed by atoms with E-state index in [4.69, 9.17) is 5.26 Å². The van der Waals surface area contributed by atoms with E-state index < -0.39 is 33.1 Å². The third-order valence-electron chi connectivity index (χ3n) is 1.52. The predicted molar refractivity (Wildman–Crippen MR) is 47.2 cm³/mol. The summed E-state index contributed by atoms with van der Waals surface area (Å²) in [6, 6.07) is 3.62. The summed E-state index contributed by atoms with van der Waals surface area (Å²) >= 11 is 0. The molecule has 0 bridgehead atoms. The van der Waals surface area contributed by atoms with Gasteiger partial charge in [0.05, 0.1) is 12.6 Å². The van der Waals surface area contributed by atoms with Crippen molar-refractivity contribution < 1.29 is 17.2 Å². The van der Waals surface area contributed by atoms with Gasteiger partial charge in [0.2, 0.25) is 10.0 Å². The van der Waals surface area contributed by atoms with E-state index in [0.29, 0.717) is 6.07 Å². The molecule has 1 N–H and O–H groups in total. The van der Waals surface area contributed by atoms with Crippen LogP contribution < -0.4 is 4.72 Å². The van der Waals surface area contributed by atoms with Gasteiger partial charge in [-0.1, -0.05) is 0 Å². The Balaban J connectivity index is 3.12. The van der Waals surface area contributed by atoms with E-state index in [1.165, 1.54) is 6.07 Å². The van der Waals surface area contributed by atoms with Crippen molar-refractivity contribution in [1.82, 2.24) is 4.72 Å². The zero-order chi connectivity index (χ0) is 11.5. The summed E-state index contributed by atoms with van der Waals surface area (Å²) in [5, 5.41) is 8.16. The van der Waals surface area contributed by atoms with E-state index in [0.717, 1.165) is 12.1 Å². The van der Waals surface area contributed by atoms with Gasteiger partial charge in [0.25, 0.3) is 0 Å². The highest BCUT2D eigenvalue weighted by atomic mass is 32.2. The molecule has 4 nitrogen and oxygen atoms in total. The molecule has 0 heterocycles. The highest BCUT2D eigenvalue weighted by Crippen LogP contribution is 2.14. The number of rotatable bonds is 3. The molecule has 0 amide bonds. The summed E-state index contributed by atoms with van der Waals surface area (Å²) < 4.78 is 49.9. The average molecular weight is 232 g/mol. The minimum atomic E-state index is -4.08. The zero-order valence-electron chi connectivity index (χ0n) is 7.37. The Morgan fingerprint density at radius 1 is 1.40 bits per heavy atom. The van der Waals surface area contributed by atoms with Gasteiger partial charge in [-0.2, -0.15) is 9.98 Å². The van der Waals surface area contributed by atoms with Crippen LogP contribution in [0, 0.1) is 23.0 Å². The Bertz CT molecular complexity index is 508. The number of hydrogen-bond acceptors (Lipinski definition) is 3. The van der Waals surface area contributed by atoms with E-state index in [2.05, 4.69) is 0 Å². The van der Waals surface area contributed by atoms with Crippen LogP contribution in [0.5, 0.6) is 0 Å². The van der Waals surface area contributed by atoms with Crippen molar-refractivity contribution in [2.45, 2.75) is 4.90 Å². The van der Waals surface area contributed by atoms with Gasteiger partial charge < -0.3 is 0 Å². The fraction of sp³-hybridized carbons (Fsp3) is 0.125. The molecule has 1 aromatic rings. The molecule has 0 saturated carbocycles.